The molecule has 1 N–H and O–H groups in total. The smallest absolute Gasteiger partial charge is 0.338 e. The Morgan fingerprint density at radius 1 is 1.03 bits per heavy atom. The van der Waals surface area contributed by atoms with Crippen molar-refractivity contribution in [2.24, 2.45) is 0 Å². The summed E-state index contributed by atoms with van der Waals surface area (Å²) in [7, 11) is 4.57. The molecule has 11 heteroatoms. The predicted molar refractivity (Wildman–Crippen MR) is 122 cm³/mol. The lowest BCUT2D eigenvalue weighted by molar-refractivity contribution is -0.122. The fourth-order valence-corrected chi connectivity index (χ4v) is 3.12. The number of nitrogens with zero attached hydrogens (tertiary/aromatic N) is 4. The average Bonchev–Trinajstić information content (AvgIpc) is 3.30. The second-order valence-corrected chi connectivity index (χ2v) is 7.49. The van der Waals surface area contributed by atoms with Gasteiger partial charge in [0.15, 0.2) is 11.5 Å². The Morgan fingerprint density at radius 2 is 1.74 bits per heavy atom. The van der Waals surface area contributed by atoms with Crippen LogP contribution < -0.4 is 19.5 Å². The number of benzene rings is 2. The van der Waals surface area contributed by atoms with E-state index in [0.29, 0.717) is 28.4 Å². The third-order valence-corrected chi connectivity index (χ3v) is 4.65. The summed E-state index contributed by atoms with van der Waals surface area (Å²) in [6, 6.07) is 10.2. The Bertz CT molecular complexity index is 1140. The van der Waals surface area contributed by atoms with Crippen LogP contribution >= 0.6 is 0 Å². The lowest BCUT2D eigenvalue weighted by Gasteiger charge is -2.14. The van der Waals surface area contributed by atoms with Crippen molar-refractivity contribution in [2.75, 3.05) is 21.3 Å². The van der Waals surface area contributed by atoms with Gasteiger partial charge in [0.25, 0.3) is 0 Å². The number of rotatable bonds is 10. The Balaban J connectivity index is 1.64. The van der Waals surface area contributed by atoms with Gasteiger partial charge in [-0.25, -0.2) is 4.79 Å². The molecule has 3 rings (SSSR count). The molecule has 0 aliphatic rings. The van der Waals surface area contributed by atoms with E-state index in [4.69, 9.17) is 18.9 Å². The zero-order valence-corrected chi connectivity index (χ0v) is 19.7. The van der Waals surface area contributed by atoms with Crippen LogP contribution in [-0.2, 0) is 22.6 Å². The van der Waals surface area contributed by atoms with Crippen molar-refractivity contribution in [1.82, 2.24) is 25.5 Å². The number of tetrazole rings is 1. The van der Waals surface area contributed by atoms with Gasteiger partial charge in [0.1, 0.15) is 6.54 Å². The standard InChI is InChI=1S/C23H27N5O6/c1-14(2)34-23(30)17-8-6-7-16(11-17)22-25-27-28(26-22)13-20(29)24-12-15-9-18(31-3)21(33-5)19(10-15)32-4/h6-11,14H,12-13H2,1-5H3,(H,24,29). The summed E-state index contributed by atoms with van der Waals surface area (Å²) in [4.78, 5) is 25.7. The van der Waals surface area contributed by atoms with Crippen LogP contribution in [0.2, 0.25) is 0 Å². The lowest BCUT2D eigenvalue weighted by Crippen LogP contribution is -2.28. The minimum atomic E-state index is -0.435. The van der Waals surface area contributed by atoms with Crippen molar-refractivity contribution in [1.29, 1.82) is 0 Å². The predicted octanol–water partition coefficient (Wildman–Crippen LogP) is 2.25. The number of carbonyl (C=O) groups excluding carboxylic acids is 2. The molecule has 0 bridgehead atoms. The number of carbonyl (C=O) groups is 2. The van der Waals surface area contributed by atoms with Crippen LogP contribution in [0, 0.1) is 0 Å². The maximum Gasteiger partial charge on any atom is 0.338 e. The van der Waals surface area contributed by atoms with Crippen LogP contribution in [0.4, 0.5) is 0 Å². The second-order valence-electron chi connectivity index (χ2n) is 7.49. The summed E-state index contributed by atoms with van der Waals surface area (Å²) < 4.78 is 21.2. The van der Waals surface area contributed by atoms with Crippen LogP contribution in [-0.4, -0.2) is 59.5 Å². The van der Waals surface area contributed by atoms with Crippen molar-refractivity contribution in [3.05, 3.63) is 47.5 Å². The highest BCUT2D eigenvalue weighted by atomic mass is 16.5. The molecule has 3 aromatic rings. The highest BCUT2D eigenvalue weighted by molar-refractivity contribution is 5.90. The summed E-state index contributed by atoms with van der Waals surface area (Å²) in [6.45, 7) is 3.66. The molecule has 180 valence electrons. The molecule has 1 amide bonds. The third-order valence-electron chi connectivity index (χ3n) is 4.65. The van der Waals surface area contributed by atoms with Crippen LogP contribution in [0.25, 0.3) is 11.4 Å². The minimum absolute atomic E-state index is 0.132. The zero-order chi connectivity index (χ0) is 24.7. The van der Waals surface area contributed by atoms with E-state index in [1.54, 1.807) is 50.2 Å². The van der Waals surface area contributed by atoms with Crippen LogP contribution in [0.1, 0.15) is 29.8 Å². The monoisotopic (exact) mass is 469 g/mol. The number of nitrogens with one attached hydrogen (secondary N) is 1. The number of hydrogen-bond donors (Lipinski definition) is 1. The van der Waals surface area contributed by atoms with Gasteiger partial charge >= 0.3 is 5.97 Å². The van der Waals surface area contributed by atoms with E-state index in [0.717, 1.165) is 5.56 Å². The summed E-state index contributed by atoms with van der Waals surface area (Å²) >= 11 is 0. The van der Waals surface area contributed by atoms with Crippen LogP contribution in [0.5, 0.6) is 17.2 Å². The first-order chi connectivity index (χ1) is 16.3. The number of amides is 1. The van der Waals surface area contributed by atoms with Crippen LogP contribution in [0.15, 0.2) is 36.4 Å². The fraction of sp³-hybridized carbons (Fsp3) is 0.348. The van der Waals surface area contributed by atoms with Gasteiger partial charge in [-0.3, -0.25) is 4.79 Å². The first kappa shape index (κ1) is 24.5. The molecule has 1 aromatic heterocycles. The van der Waals surface area contributed by atoms with Gasteiger partial charge in [0, 0.05) is 12.1 Å². The molecule has 0 aliphatic heterocycles. The molecule has 0 saturated carbocycles. The van der Waals surface area contributed by atoms with Crippen molar-refractivity contribution >= 4 is 11.9 Å². The topological polar surface area (TPSA) is 127 Å². The third kappa shape index (κ3) is 6.00. The SMILES string of the molecule is COc1cc(CNC(=O)Cn2nnc(-c3cccc(C(=O)OC(C)C)c3)n2)cc(OC)c1OC. The average molecular weight is 469 g/mol. The molecule has 0 atom stereocenters. The maximum absolute atomic E-state index is 12.4. The largest absolute Gasteiger partial charge is 0.493 e. The van der Waals surface area contributed by atoms with E-state index in [-0.39, 0.29) is 30.9 Å². The van der Waals surface area contributed by atoms with E-state index in [2.05, 4.69) is 20.7 Å². The Kier molecular flexibility index (Phi) is 8.01. The van der Waals surface area contributed by atoms with E-state index >= 15 is 0 Å². The molecule has 1 heterocycles. The van der Waals surface area contributed by atoms with Gasteiger partial charge in [-0.2, -0.15) is 4.80 Å². The summed E-state index contributed by atoms with van der Waals surface area (Å²) in [5, 5.41) is 15.0. The van der Waals surface area contributed by atoms with Gasteiger partial charge in [0.05, 0.1) is 33.0 Å². The molecule has 0 radical (unpaired) electrons. The number of esters is 1. The fourth-order valence-electron chi connectivity index (χ4n) is 3.12. The van der Waals surface area contributed by atoms with Gasteiger partial charge in [-0.15, -0.1) is 10.2 Å². The molecular formula is C23H27N5O6. The lowest BCUT2D eigenvalue weighted by atomic mass is 10.1. The van der Waals surface area contributed by atoms with Gasteiger partial charge in [-0.05, 0) is 48.9 Å². The maximum atomic E-state index is 12.4. The second kappa shape index (κ2) is 11.1. The molecule has 34 heavy (non-hydrogen) atoms. The first-order valence-corrected chi connectivity index (χ1v) is 10.5. The first-order valence-electron chi connectivity index (χ1n) is 10.5. The highest BCUT2D eigenvalue weighted by Gasteiger charge is 2.15. The molecule has 11 nitrogen and oxygen atoms in total. The molecule has 0 spiro atoms. The van der Waals surface area contributed by atoms with Crippen molar-refractivity contribution < 1.29 is 28.5 Å². The molecule has 0 saturated heterocycles. The summed E-state index contributed by atoms with van der Waals surface area (Å²) in [5.74, 6) is 1.00. The highest BCUT2D eigenvalue weighted by Crippen LogP contribution is 2.38. The van der Waals surface area contributed by atoms with Crippen molar-refractivity contribution in [2.45, 2.75) is 33.0 Å². The molecular weight excluding hydrogens is 442 g/mol. The van der Waals surface area contributed by atoms with E-state index in [1.165, 1.54) is 26.1 Å². The normalized spacial score (nSPS) is 10.6. The summed E-state index contributed by atoms with van der Waals surface area (Å²) in [6.07, 6.45) is -0.228. The minimum Gasteiger partial charge on any atom is -0.493 e. The van der Waals surface area contributed by atoms with Gasteiger partial charge in [0.2, 0.25) is 17.5 Å². The van der Waals surface area contributed by atoms with Gasteiger partial charge < -0.3 is 24.3 Å². The molecule has 0 fully saturated rings. The van der Waals surface area contributed by atoms with Crippen molar-refractivity contribution in [3.8, 4) is 28.6 Å². The molecule has 0 unspecified atom stereocenters. The van der Waals surface area contributed by atoms with E-state index in [9.17, 15) is 9.59 Å². The molecule has 2 aromatic carbocycles. The Hall–Kier alpha value is -4.15. The number of methoxy groups -OCH3 is 3. The summed E-state index contributed by atoms with van der Waals surface area (Å²) in [5.41, 5.74) is 1.73. The number of ether oxygens (including phenoxy) is 4. The van der Waals surface area contributed by atoms with Crippen LogP contribution in [0.3, 0.4) is 0 Å². The molecule has 0 aliphatic carbocycles. The Labute approximate surface area is 197 Å². The Morgan fingerprint density at radius 3 is 2.35 bits per heavy atom. The zero-order valence-electron chi connectivity index (χ0n) is 19.7. The van der Waals surface area contributed by atoms with Crippen molar-refractivity contribution in [3.63, 3.8) is 0 Å². The quantitative estimate of drug-likeness (QED) is 0.445. The van der Waals surface area contributed by atoms with E-state index in [1.807, 2.05) is 0 Å². The number of aromatic nitrogens is 4. The van der Waals surface area contributed by atoms with Gasteiger partial charge in [-0.1, -0.05) is 12.1 Å². The number of hydrogen-bond acceptors (Lipinski definition) is 9. The van der Waals surface area contributed by atoms with E-state index < -0.39 is 5.97 Å².